The lowest BCUT2D eigenvalue weighted by molar-refractivity contribution is -0.202. The molecule has 1 aliphatic rings. The van der Waals surface area contributed by atoms with Gasteiger partial charge in [-0.3, -0.25) is 4.84 Å². The van der Waals surface area contributed by atoms with E-state index in [4.69, 9.17) is 4.84 Å². The number of ether oxygens (including phenoxy) is 1. The first-order chi connectivity index (χ1) is 10.3. The number of rotatable bonds is 3. The first-order valence-electron chi connectivity index (χ1n) is 6.32. The molecule has 0 radical (unpaired) electrons. The molecule has 5 nitrogen and oxygen atoms in total. The molecule has 0 spiro atoms. The van der Waals surface area contributed by atoms with Crippen molar-refractivity contribution in [2.45, 2.75) is 12.3 Å². The highest BCUT2D eigenvalue weighted by Crippen LogP contribution is 2.41. The van der Waals surface area contributed by atoms with Crippen LogP contribution in [0, 0.1) is 0 Å². The zero-order chi connectivity index (χ0) is 16.5. The van der Waals surface area contributed by atoms with Gasteiger partial charge in [-0.05, 0) is 17.7 Å². The fraction of sp³-hybridized carbons (Fsp3) is 0.357. The molecule has 1 aliphatic heterocycles. The lowest BCUT2D eigenvalue weighted by Gasteiger charge is -2.30. The second kappa shape index (κ2) is 5.88. The Balaban J connectivity index is 2.31. The predicted molar refractivity (Wildman–Crippen MR) is 71.3 cm³/mol. The zero-order valence-electron chi connectivity index (χ0n) is 12.2. The van der Waals surface area contributed by atoms with Crippen molar-refractivity contribution in [2.24, 2.45) is 0 Å². The summed E-state index contributed by atoms with van der Waals surface area (Å²) < 4.78 is 43.6. The summed E-state index contributed by atoms with van der Waals surface area (Å²) in [6.45, 7) is 0. The molecule has 1 aromatic carbocycles. The number of methoxy groups -OCH3 is 1. The normalized spacial score (nSPS) is 18.5. The quantitative estimate of drug-likeness (QED) is 0.802. The van der Waals surface area contributed by atoms with E-state index in [2.05, 4.69) is 4.74 Å². The van der Waals surface area contributed by atoms with Crippen LogP contribution in [0.5, 0.6) is 0 Å². The number of allylic oxidation sites excluding steroid dienone is 1. The van der Waals surface area contributed by atoms with E-state index in [-0.39, 0.29) is 0 Å². The molecule has 22 heavy (non-hydrogen) atoms. The number of carbonyl (C=O) groups excluding carboxylic acids is 1. The molecular formula is C14H15F3N2O3. The van der Waals surface area contributed by atoms with Gasteiger partial charge in [-0.1, -0.05) is 12.1 Å². The summed E-state index contributed by atoms with van der Waals surface area (Å²) in [5, 5.41) is 0.785. The van der Waals surface area contributed by atoms with Crippen molar-refractivity contribution in [1.82, 2.24) is 9.96 Å². The maximum atomic E-state index is 13.0. The Hall–Kier alpha value is -2.22. The zero-order valence-corrected chi connectivity index (χ0v) is 12.2. The minimum atomic E-state index is -4.52. The van der Waals surface area contributed by atoms with Gasteiger partial charge in [0.1, 0.15) is 0 Å². The van der Waals surface area contributed by atoms with Gasteiger partial charge in [0.15, 0.2) is 11.9 Å². The number of esters is 1. The number of hydrogen-bond acceptors (Lipinski definition) is 5. The van der Waals surface area contributed by atoms with Crippen molar-refractivity contribution in [3.63, 3.8) is 0 Å². The third-order valence-corrected chi connectivity index (χ3v) is 3.29. The van der Waals surface area contributed by atoms with E-state index in [1.165, 1.54) is 38.3 Å². The first kappa shape index (κ1) is 16.2. The van der Waals surface area contributed by atoms with Crippen molar-refractivity contribution in [3.8, 4) is 0 Å². The van der Waals surface area contributed by atoms with E-state index in [0.29, 0.717) is 11.1 Å². The molecule has 2 rings (SSSR count). The average Bonchev–Trinajstić information content (AvgIpc) is 2.83. The predicted octanol–water partition coefficient (Wildman–Crippen LogP) is 2.68. The molecule has 1 aromatic rings. The number of alkyl halides is 3. The summed E-state index contributed by atoms with van der Waals surface area (Å²) >= 11 is 0. The third kappa shape index (κ3) is 2.87. The van der Waals surface area contributed by atoms with Gasteiger partial charge in [0.05, 0.1) is 19.8 Å². The maximum Gasteiger partial charge on any atom is 0.434 e. The number of hydroxylamine groups is 2. The fourth-order valence-electron chi connectivity index (χ4n) is 2.29. The van der Waals surface area contributed by atoms with Crippen LogP contribution in [0.2, 0.25) is 0 Å². The topological polar surface area (TPSA) is 42.0 Å². The number of benzene rings is 1. The van der Waals surface area contributed by atoms with Gasteiger partial charge in [0.2, 0.25) is 0 Å². The van der Waals surface area contributed by atoms with Crippen LogP contribution < -0.4 is 0 Å². The smallest absolute Gasteiger partial charge is 0.434 e. The van der Waals surface area contributed by atoms with Crippen LogP contribution in [-0.2, 0) is 9.57 Å². The molecule has 0 aliphatic carbocycles. The van der Waals surface area contributed by atoms with E-state index in [1.807, 2.05) is 0 Å². The second-order valence-corrected chi connectivity index (χ2v) is 4.67. The van der Waals surface area contributed by atoms with Gasteiger partial charge in [0.25, 0.3) is 0 Å². The Morgan fingerprint density at radius 3 is 2.23 bits per heavy atom. The number of hydrogen-bond donors (Lipinski definition) is 0. The van der Waals surface area contributed by atoms with Crippen LogP contribution in [0.3, 0.4) is 0 Å². The number of nitrogens with zero attached hydrogens (tertiary/aromatic N) is 2. The van der Waals surface area contributed by atoms with Crippen LogP contribution in [-0.4, -0.2) is 43.4 Å². The van der Waals surface area contributed by atoms with Crippen molar-refractivity contribution < 1.29 is 27.5 Å². The third-order valence-electron chi connectivity index (χ3n) is 3.29. The molecule has 1 atom stereocenters. The van der Waals surface area contributed by atoms with Crippen LogP contribution in [0.1, 0.15) is 22.1 Å². The highest BCUT2D eigenvalue weighted by atomic mass is 19.4. The average molecular weight is 316 g/mol. The Morgan fingerprint density at radius 2 is 1.77 bits per heavy atom. The minimum absolute atomic E-state index is 0.319. The summed E-state index contributed by atoms with van der Waals surface area (Å²) in [7, 11) is 3.95. The molecule has 0 fully saturated rings. The van der Waals surface area contributed by atoms with Gasteiger partial charge in [-0.2, -0.15) is 13.2 Å². The van der Waals surface area contributed by atoms with E-state index >= 15 is 0 Å². The van der Waals surface area contributed by atoms with Crippen molar-refractivity contribution >= 4 is 5.97 Å². The van der Waals surface area contributed by atoms with Crippen LogP contribution in [0.15, 0.2) is 36.2 Å². The lowest BCUT2D eigenvalue weighted by Crippen LogP contribution is -2.33. The number of halogens is 3. The van der Waals surface area contributed by atoms with Crippen LogP contribution in [0.25, 0.3) is 0 Å². The summed E-state index contributed by atoms with van der Waals surface area (Å²) in [6, 6.07) is 6.11. The molecule has 0 saturated carbocycles. The molecule has 1 heterocycles. The monoisotopic (exact) mass is 316 g/mol. The molecule has 0 bridgehead atoms. The van der Waals surface area contributed by atoms with Crippen LogP contribution in [0.4, 0.5) is 13.2 Å². The summed E-state index contributed by atoms with van der Waals surface area (Å²) in [4.78, 5) is 17.7. The standard InChI is InChI=1S/C14H15F3N2O3/c1-18-8-11(14(15,16)17)19(22-3)12(18)9-4-6-10(7-5-9)13(20)21-2/h4-8,12H,1-3H3. The van der Waals surface area contributed by atoms with Crippen molar-refractivity contribution in [2.75, 3.05) is 21.3 Å². The van der Waals surface area contributed by atoms with E-state index in [9.17, 15) is 18.0 Å². The van der Waals surface area contributed by atoms with Crippen molar-refractivity contribution in [3.05, 3.63) is 47.3 Å². The molecule has 1 unspecified atom stereocenters. The first-order valence-corrected chi connectivity index (χ1v) is 6.32. The lowest BCUT2D eigenvalue weighted by atomic mass is 10.1. The van der Waals surface area contributed by atoms with Crippen LogP contribution >= 0.6 is 0 Å². The van der Waals surface area contributed by atoms with Gasteiger partial charge in [-0.15, -0.1) is 0 Å². The summed E-state index contributed by atoms with van der Waals surface area (Å²) in [6.07, 6.45) is -4.32. The van der Waals surface area contributed by atoms with Gasteiger partial charge >= 0.3 is 12.1 Å². The Bertz CT molecular complexity index is 584. The summed E-state index contributed by atoms with van der Waals surface area (Å²) in [5.41, 5.74) is -0.0214. The molecule has 0 N–H and O–H groups in total. The molecule has 120 valence electrons. The molecule has 8 heteroatoms. The van der Waals surface area contributed by atoms with Crippen molar-refractivity contribution in [1.29, 1.82) is 0 Å². The van der Waals surface area contributed by atoms with Gasteiger partial charge in [0, 0.05) is 13.2 Å². The number of carbonyl (C=O) groups is 1. The highest BCUT2D eigenvalue weighted by molar-refractivity contribution is 5.89. The fourth-order valence-corrected chi connectivity index (χ4v) is 2.29. The molecule has 0 saturated heterocycles. The molecular weight excluding hydrogens is 301 g/mol. The Kier molecular flexibility index (Phi) is 4.32. The van der Waals surface area contributed by atoms with E-state index < -0.39 is 24.0 Å². The van der Waals surface area contributed by atoms with Gasteiger partial charge < -0.3 is 9.64 Å². The van der Waals surface area contributed by atoms with E-state index in [0.717, 1.165) is 11.3 Å². The van der Waals surface area contributed by atoms with E-state index in [1.54, 1.807) is 12.1 Å². The van der Waals surface area contributed by atoms with Gasteiger partial charge in [-0.25, -0.2) is 9.86 Å². The maximum absolute atomic E-state index is 13.0. The SMILES string of the molecule is COC(=O)c1ccc(C2N(C)C=C(C(F)(F)F)N2OC)cc1. The Labute approximate surface area is 125 Å². The minimum Gasteiger partial charge on any atom is -0.465 e. The summed E-state index contributed by atoms with van der Waals surface area (Å²) in [5.74, 6) is -0.510. The molecule has 0 aromatic heterocycles. The largest absolute Gasteiger partial charge is 0.465 e. The second-order valence-electron chi connectivity index (χ2n) is 4.67. The molecule has 0 amide bonds. The Morgan fingerprint density at radius 1 is 1.18 bits per heavy atom. The highest BCUT2D eigenvalue weighted by Gasteiger charge is 2.46.